The number of hydrogen-bond donors (Lipinski definition) is 1. The highest BCUT2D eigenvalue weighted by Crippen LogP contribution is 2.39. The molecule has 0 fully saturated rings. The molecule has 0 saturated heterocycles. The zero-order valence-electron chi connectivity index (χ0n) is 14.3. The molecule has 0 spiro atoms. The van der Waals surface area contributed by atoms with E-state index in [9.17, 15) is 9.90 Å². The van der Waals surface area contributed by atoms with Gasteiger partial charge in [0.1, 0.15) is 10.8 Å². The minimum absolute atomic E-state index is 0.394. The van der Waals surface area contributed by atoms with E-state index in [0.717, 1.165) is 10.2 Å². The molecule has 3 aromatic carbocycles. The summed E-state index contributed by atoms with van der Waals surface area (Å²) in [6, 6.07) is 19.4. The summed E-state index contributed by atoms with van der Waals surface area (Å²) in [4.78, 5) is 16.5. The van der Waals surface area contributed by atoms with Crippen molar-refractivity contribution < 1.29 is 14.6 Å². The largest absolute Gasteiger partial charge is 0.478 e. The molecular weight excluding hydrogens is 417 g/mol. The van der Waals surface area contributed by atoms with Crippen LogP contribution in [-0.2, 0) is 4.79 Å². The fraction of sp³-hybridized carbons (Fsp3) is 0.0476. The van der Waals surface area contributed by atoms with Gasteiger partial charge in [-0.3, -0.25) is 0 Å². The number of carboxylic acids is 1. The molecule has 0 aliphatic heterocycles. The van der Waals surface area contributed by atoms with Crippen LogP contribution >= 0.6 is 34.5 Å². The highest BCUT2D eigenvalue weighted by atomic mass is 35.5. The molecule has 1 atom stereocenters. The van der Waals surface area contributed by atoms with Crippen LogP contribution in [-0.4, -0.2) is 16.1 Å². The molecule has 4 nitrogen and oxygen atoms in total. The number of para-hydroxylation sites is 1. The van der Waals surface area contributed by atoms with Crippen molar-refractivity contribution in [1.82, 2.24) is 4.98 Å². The third kappa shape index (κ3) is 3.83. The van der Waals surface area contributed by atoms with E-state index in [1.807, 2.05) is 24.3 Å². The number of benzene rings is 3. The average Bonchev–Trinajstić information content (AvgIpc) is 3.11. The van der Waals surface area contributed by atoms with Gasteiger partial charge in [0.15, 0.2) is 0 Å². The van der Waals surface area contributed by atoms with Gasteiger partial charge >= 0.3 is 5.97 Å². The molecule has 0 aliphatic carbocycles. The first-order valence-electron chi connectivity index (χ1n) is 8.32. The van der Waals surface area contributed by atoms with E-state index in [2.05, 4.69) is 4.98 Å². The second kappa shape index (κ2) is 7.80. The Morgan fingerprint density at radius 3 is 2.43 bits per heavy atom. The summed E-state index contributed by atoms with van der Waals surface area (Å²) in [5.74, 6) is -0.710. The Morgan fingerprint density at radius 2 is 1.71 bits per heavy atom. The predicted octanol–water partition coefficient (Wildman–Crippen LogP) is 6.47. The minimum atomic E-state index is -1.19. The standard InChI is InChI=1S/C21H13Cl2NO3S/c22-13-7-5-12(6-8-13)19(21(25)26)27-17-10-9-14(23)11-15(17)20-24-16-3-1-2-4-18(16)28-20/h1-11,19H,(H,25,26). The molecule has 4 aromatic rings. The first kappa shape index (κ1) is 18.7. The van der Waals surface area contributed by atoms with E-state index in [-0.39, 0.29) is 0 Å². The van der Waals surface area contributed by atoms with Gasteiger partial charge in [0.05, 0.1) is 15.8 Å². The van der Waals surface area contributed by atoms with Crippen molar-refractivity contribution in [3.63, 3.8) is 0 Å². The fourth-order valence-corrected chi connectivity index (χ4v) is 4.07. The normalized spacial score (nSPS) is 12.1. The Balaban J connectivity index is 1.77. The maximum atomic E-state index is 11.8. The monoisotopic (exact) mass is 429 g/mol. The van der Waals surface area contributed by atoms with Gasteiger partial charge in [-0.2, -0.15) is 0 Å². The van der Waals surface area contributed by atoms with Gasteiger partial charge in [0.25, 0.3) is 0 Å². The number of aromatic nitrogens is 1. The number of nitrogens with zero attached hydrogens (tertiary/aromatic N) is 1. The maximum absolute atomic E-state index is 11.8. The highest BCUT2D eigenvalue weighted by molar-refractivity contribution is 7.21. The summed E-state index contributed by atoms with van der Waals surface area (Å²) in [6.07, 6.45) is -1.19. The summed E-state index contributed by atoms with van der Waals surface area (Å²) >= 11 is 13.6. The Hall–Kier alpha value is -2.60. The summed E-state index contributed by atoms with van der Waals surface area (Å²) in [6.45, 7) is 0. The number of ether oxygens (including phenoxy) is 1. The Kier molecular flexibility index (Phi) is 5.22. The highest BCUT2D eigenvalue weighted by Gasteiger charge is 2.24. The fourth-order valence-electron chi connectivity index (χ4n) is 2.79. The smallest absolute Gasteiger partial charge is 0.349 e. The van der Waals surface area contributed by atoms with Crippen LogP contribution in [0.1, 0.15) is 11.7 Å². The lowest BCUT2D eigenvalue weighted by Gasteiger charge is -2.17. The van der Waals surface area contributed by atoms with Crippen molar-refractivity contribution >= 4 is 50.7 Å². The summed E-state index contributed by atoms with van der Waals surface area (Å²) < 4.78 is 6.93. The van der Waals surface area contributed by atoms with Crippen molar-refractivity contribution in [2.24, 2.45) is 0 Å². The number of aliphatic carboxylic acids is 1. The molecular formula is C21H13Cl2NO3S. The molecule has 1 N–H and O–H groups in total. The molecule has 0 amide bonds. The Morgan fingerprint density at radius 1 is 1.00 bits per heavy atom. The van der Waals surface area contributed by atoms with E-state index in [0.29, 0.717) is 31.9 Å². The molecule has 1 heterocycles. The van der Waals surface area contributed by atoms with Crippen LogP contribution in [0.15, 0.2) is 66.7 Å². The van der Waals surface area contributed by atoms with E-state index in [1.165, 1.54) is 11.3 Å². The minimum Gasteiger partial charge on any atom is -0.478 e. The molecule has 0 aliphatic rings. The van der Waals surface area contributed by atoms with Gasteiger partial charge in [-0.1, -0.05) is 47.5 Å². The zero-order chi connectivity index (χ0) is 19.7. The molecule has 7 heteroatoms. The quantitative estimate of drug-likeness (QED) is 0.394. The SMILES string of the molecule is O=C(O)C(Oc1ccc(Cl)cc1-c1nc2ccccc2s1)c1ccc(Cl)cc1. The molecule has 1 unspecified atom stereocenters. The maximum Gasteiger partial charge on any atom is 0.349 e. The first-order chi connectivity index (χ1) is 13.5. The summed E-state index contributed by atoms with van der Waals surface area (Å²) in [5, 5.41) is 11.4. The molecule has 0 saturated carbocycles. The Labute approximate surface area is 174 Å². The van der Waals surface area contributed by atoms with Gasteiger partial charge in [0, 0.05) is 15.6 Å². The van der Waals surface area contributed by atoms with Crippen molar-refractivity contribution in [3.8, 4) is 16.3 Å². The lowest BCUT2D eigenvalue weighted by molar-refractivity contribution is -0.145. The number of carboxylic acid groups (broad SMARTS) is 1. The van der Waals surface area contributed by atoms with Crippen molar-refractivity contribution in [3.05, 3.63) is 82.3 Å². The van der Waals surface area contributed by atoms with Crippen LogP contribution in [0, 0.1) is 0 Å². The number of halogens is 2. The van der Waals surface area contributed by atoms with Crippen LogP contribution in [0.3, 0.4) is 0 Å². The summed E-state index contributed by atoms with van der Waals surface area (Å²) in [7, 11) is 0. The van der Waals surface area contributed by atoms with Crippen LogP contribution < -0.4 is 4.74 Å². The second-order valence-electron chi connectivity index (χ2n) is 6.01. The third-order valence-corrected chi connectivity index (χ3v) is 5.66. The number of thiazole rings is 1. The van der Waals surface area contributed by atoms with Crippen molar-refractivity contribution in [2.45, 2.75) is 6.10 Å². The molecule has 4 rings (SSSR count). The lowest BCUT2D eigenvalue weighted by Crippen LogP contribution is -2.18. The first-order valence-corrected chi connectivity index (χ1v) is 9.89. The molecule has 1 aromatic heterocycles. The van der Waals surface area contributed by atoms with Gasteiger partial charge in [-0.05, 0) is 42.5 Å². The van der Waals surface area contributed by atoms with E-state index >= 15 is 0 Å². The van der Waals surface area contributed by atoms with E-state index < -0.39 is 12.1 Å². The predicted molar refractivity (Wildman–Crippen MR) is 113 cm³/mol. The van der Waals surface area contributed by atoms with Crippen LogP contribution in [0.2, 0.25) is 10.0 Å². The molecule has 140 valence electrons. The topological polar surface area (TPSA) is 59.4 Å². The van der Waals surface area contributed by atoms with Gasteiger partial charge in [0.2, 0.25) is 6.10 Å². The van der Waals surface area contributed by atoms with Gasteiger partial charge in [-0.25, -0.2) is 9.78 Å². The zero-order valence-corrected chi connectivity index (χ0v) is 16.6. The number of hydrogen-bond acceptors (Lipinski definition) is 4. The van der Waals surface area contributed by atoms with Gasteiger partial charge < -0.3 is 9.84 Å². The Bertz CT molecular complexity index is 1130. The third-order valence-electron chi connectivity index (χ3n) is 4.11. The summed E-state index contributed by atoms with van der Waals surface area (Å²) in [5.41, 5.74) is 2.00. The van der Waals surface area contributed by atoms with Crippen LogP contribution in [0.25, 0.3) is 20.8 Å². The van der Waals surface area contributed by atoms with E-state index in [1.54, 1.807) is 42.5 Å². The van der Waals surface area contributed by atoms with Gasteiger partial charge in [-0.15, -0.1) is 11.3 Å². The average molecular weight is 430 g/mol. The van der Waals surface area contributed by atoms with Crippen molar-refractivity contribution in [2.75, 3.05) is 0 Å². The van der Waals surface area contributed by atoms with Crippen LogP contribution in [0.4, 0.5) is 0 Å². The molecule has 0 radical (unpaired) electrons. The molecule has 28 heavy (non-hydrogen) atoms. The molecule has 0 bridgehead atoms. The van der Waals surface area contributed by atoms with Crippen molar-refractivity contribution in [1.29, 1.82) is 0 Å². The number of fused-ring (bicyclic) bond motifs is 1. The second-order valence-corrected chi connectivity index (χ2v) is 7.92. The lowest BCUT2D eigenvalue weighted by atomic mass is 10.1. The van der Waals surface area contributed by atoms with Crippen LogP contribution in [0.5, 0.6) is 5.75 Å². The number of rotatable bonds is 5. The van der Waals surface area contributed by atoms with E-state index in [4.69, 9.17) is 27.9 Å². The number of carbonyl (C=O) groups is 1.